The van der Waals surface area contributed by atoms with Gasteiger partial charge in [-0.15, -0.1) is 0 Å². The SMILES string of the molecule is O=C(NCC1(CO)CC1)C1CCCN1C(=O)C1CC1. The Morgan fingerprint density at radius 1 is 1.26 bits per heavy atom. The van der Waals surface area contributed by atoms with E-state index in [-0.39, 0.29) is 35.8 Å². The van der Waals surface area contributed by atoms with Crippen LogP contribution >= 0.6 is 0 Å². The standard InChI is InChI=1S/C14H22N2O3/c17-9-14(5-6-14)8-15-12(18)11-2-1-7-16(11)13(19)10-3-4-10/h10-11,17H,1-9H2,(H,15,18). The number of hydrogen-bond acceptors (Lipinski definition) is 3. The molecule has 2 amide bonds. The fraction of sp³-hybridized carbons (Fsp3) is 0.857. The molecule has 0 spiro atoms. The van der Waals surface area contributed by atoms with Gasteiger partial charge in [0.25, 0.3) is 0 Å². The van der Waals surface area contributed by atoms with Gasteiger partial charge < -0.3 is 15.3 Å². The number of nitrogens with zero attached hydrogens (tertiary/aromatic N) is 1. The minimum atomic E-state index is -0.275. The lowest BCUT2D eigenvalue weighted by Gasteiger charge is -2.25. The number of carbonyl (C=O) groups is 2. The van der Waals surface area contributed by atoms with E-state index in [1.165, 1.54) is 0 Å². The van der Waals surface area contributed by atoms with E-state index >= 15 is 0 Å². The first-order chi connectivity index (χ1) is 9.15. The van der Waals surface area contributed by atoms with Crippen molar-refractivity contribution in [3.8, 4) is 0 Å². The van der Waals surface area contributed by atoms with Gasteiger partial charge in [-0.25, -0.2) is 0 Å². The smallest absolute Gasteiger partial charge is 0.242 e. The largest absolute Gasteiger partial charge is 0.396 e. The maximum atomic E-state index is 12.2. The predicted molar refractivity (Wildman–Crippen MR) is 69.2 cm³/mol. The quantitative estimate of drug-likeness (QED) is 0.751. The van der Waals surface area contributed by atoms with Gasteiger partial charge in [0.1, 0.15) is 6.04 Å². The van der Waals surface area contributed by atoms with Crippen LogP contribution in [0.1, 0.15) is 38.5 Å². The molecule has 3 rings (SSSR count). The van der Waals surface area contributed by atoms with E-state index in [1.807, 2.05) is 0 Å². The zero-order chi connectivity index (χ0) is 13.5. The first kappa shape index (κ1) is 12.9. The maximum Gasteiger partial charge on any atom is 0.242 e. The van der Waals surface area contributed by atoms with E-state index in [2.05, 4.69) is 5.32 Å². The van der Waals surface area contributed by atoms with E-state index in [0.717, 1.165) is 45.1 Å². The summed E-state index contributed by atoms with van der Waals surface area (Å²) in [6.45, 7) is 1.41. The highest BCUT2D eigenvalue weighted by atomic mass is 16.3. The first-order valence-electron chi connectivity index (χ1n) is 7.34. The summed E-state index contributed by atoms with van der Waals surface area (Å²) in [6.07, 6.45) is 5.63. The van der Waals surface area contributed by atoms with E-state index in [0.29, 0.717) is 6.54 Å². The van der Waals surface area contributed by atoms with Crippen molar-refractivity contribution in [3.63, 3.8) is 0 Å². The van der Waals surface area contributed by atoms with Crippen LogP contribution in [0.5, 0.6) is 0 Å². The number of likely N-dealkylation sites (tertiary alicyclic amines) is 1. The van der Waals surface area contributed by atoms with Crippen molar-refractivity contribution in [2.24, 2.45) is 11.3 Å². The van der Waals surface area contributed by atoms with Crippen LogP contribution in [0.4, 0.5) is 0 Å². The predicted octanol–water partition coefficient (Wildman–Crippen LogP) is 0.276. The Hall–Kier alpha value is -1.10. The lowest BCUT2D eigenvalue weighted by molar-refractivity contribution is -0.139. The summed E-state index contributed by atoms with van der Waals surface area (Å²) in [5.41, 5.74) is -0.0698. The number of nitrogens with one attached hydrogen (secondary N) is 1. The highest BCUT2D eigenvalue weighted by Crippen LogP contribution is 2.44. The minimum absolute atomic E-state index is 0.0359. The molecule has 0 radical (unpaired) electrons. The molecule has 0 bridgehead atoms. The number of hydrogen-bond donors (Lipinski definition) is 2. The fourth-order valence-corrected chi connectivity index (χ4v) is 2.83. The second-order valence-corrected chi connectivity index (χ2v) is 6.34. The van der Waals surface area contributed by atoms with E-state index in [9.17, 15) is 14.7 Å². The van der Waals surface area contributed by atoms with Crippen LogP contribution in [-0.4, -0.2) is 47.6 Å². The average Bonchev–Trinajstić information content (AvgIpc) is 3.33. The molecule has 106 valence electrons. The Kier molecular flexibility index (Phi) is 3.25. The second-order valence-electron chi connectivity index (χ2n) is 6.34. The maximum absolute atomic E-state index is 12.2. The summed E-state index contributed by atoms with van der Waals surface area (Å²) in [4.78, 5) is 26.1. The highest BCUT2D eigenvalue weighted by Gasteiger charge is 2.44. The molecule has 0 aromatic rings. The van der Waals surface area contributed by atoms with Crippen molar-refractivity contribution in [2.75, 3.05) is 19.7 Å². The normalized spacial score (nSPS) is 28.3. The summed E-state index contributed by atoms with van der Waals surface area (Å²) in [6, 6.07) is -0.275. The Morgan fingerprint density at radius 3 is 2.58 bits per heavy atom. The van der Waals surface area contributed by atoms with Gasteiger partial charge in [0.05, 0.1) is 6.61 Å². The number of carbonyl (C=O) groups excluding carboxylic acids is 2. The third-order valence-electron chi connectivity index (χ3n) is 4.70. The summed E-state index contributed by atoms with van der Waals surface area (Å²) in [5, 5.41) is 12.2. The van der Waals surface area contributed by atoms with Crippen molar-refractivity contribution < 1.29 is 14.7 Å². The monoisotopic (exact) mass is 266 g/mol. The molecular weight excluding hydrogens is 244 g/mol. The van der Waals surface area contributed by atoms with Crippen molar-refractivity contribution >= 4 is 11.8 Å². The van der Waals surface area contributed by atoms with Crippen LogP contribution in [0.15, 0.2) is 0 Å². The Balaban J connectivity index is 1.54. The molecule has 0 aromatic heterocycles. The van der Waals surface area contributed by atoms with Crippen molar-refractivity contribution in [1.82, 2.24) is 10.2 Å². The molecule has 1 unspecified atom stereocenters. The van der Waals surface area contributed by atoms with Crippen LogP contribution in [0.2, 0.25) is 0 Å². The molecule has 2 N–H and O–H groups in total. The van der Waals surface area contributed by atoms with Crippen LogP contribution in [0.25, 0.3) is 0 Å². The molecule has 1 heterocycles. The molecule has 0 aromatic carbocycles. The van der Waals surface area contributed by atoms with Crippen LogP contribution in [0, 0.1) is 11.3 Å². The summed E-state index contributed by atoms with van der Waals surface area (Å²) < 4.78 is 0. The molecule has 5 heteroatoms. The molecule has 1 saturated heterocycles. The molecule has 5 nitrogen and oxygen atoms in total. The molecule has 1 aliphatic heterocycles. The zero-order valence-corrected chi connectivity index (χ0v) is 11.2. The second kappa shape index (κ2) is 4.78. The molecule has 2 aliphatic carbocycles. The lowest BCUT2D eigenvalue weighted by Crippen LogP contribution is -2.47. The van der Waals surface area contributed by atoms with Gasteiger partial charge in [0.15, 0.2) is 0 Å². The molecular formula is C14H22N2O3. The third-order valence-corrected chi connectivity index (χ3v) is 4.70. The average molecular weight is 266 g/mol. The Bertz CT molecular complexity index is 388. The van der Waals surface area contributed by atoms with Crippen LogP contribution < -0.4 is 5.32 Å². The van der Waals surface area contributed by atoms with E-state index < -0.39 is 0 Å². The van der Waals surface area contributed by atoms with Crippen molar-refractivity contribution in [1.29, 1.82) is 0 Å². The number of aliphatic hydroxyl groups is 1. The van der Waals surface area contributed by atoms with Crippen molar-refractivity contribution in [3.05, 3.63) is 0 Å². The number of amides is 2. The van der Waals surface area contributed by atoms with E-state index in [1.54, 1.807) is 4.90 Å². The van der Waals surface area contributed by atoms with Gasteiger partial charge in [-0.3, -0.25) is 9.59 Å². The minimum Gasteiger partial charge on any atom is -0.396 e. The van der Waals surface area contributed by atoms with Gasteiger partial charge >= 0.3 is 0 Å². The Labute approximate surface area is 113 Å². The molecule has 19 heavy (non-hydrogen) atoms. The van der Waals surface area contributed by atoms with Gasteiger partial charge in [-0.05, 0) is 38.5 Å². The zero-order valence-electron chi connectivity index (χ0n) is 11.2. The third kappa shape index (κ3) is 2.61. The molecule has 2 saturated carbocycles. The number of rotatable bonds is 5. The summed E-state index contributed by atoms with van der Waals surface area (Å²) in [5.74, 6) is 0.313. The van der Waals surface area contributed by atoms with Gasteiger partial charge in [-0.1, -0.05) is 0 Å². The highest BCUT2D eigenvalue weighted by molar-refractivity contribution is 5.90. The summed E-state index contributed by atoms with van der Waals surface area (Å²) in [7, 11) is 0. The van der Waals surface area contributed by atoms with E-state index in [4.69, 9.17) is 0 Å². The molecule has 1 atom stereocenters. The van der Waals surface area contributed by atoms with Gasteiger partial charge in [0, 0.05) is 24.4 Å². The fourth-order valence-electron chi connectivity index (χ4n) is 2.83. The van der Waals surface area contributed by atoms with Gasteiger partial charge in [-0.2, -0.15) is 0 Å². The van der Waals surface area contributed by atoms with Crippen molar-refractivity contribution in [2.45, 2.75) is 44.6 Å². The summed E-state index contributed by atoms with van der Waals surface area (Å²) >= 11 is 0. The topological polar surface area (TPSA) is 69.6 Å². The molecule has 3 aliphatic rings. The van der Waals surface area contributed by atoms with Gasteiger partial charge in [0.2, 0.25) is 11.8 Å². The lowest BCUT2D eigenvalue weighted by atomic mass is 10.1. The Morgan fingerprint density at radius 2 is 2.00 bits per heavy atom. The van der Waals surface area contributed by atoms with Crippen LogP contribution in [0.3, 0.4) is 0 Å². The number of aliphatic hydroxyl groups excluding tert-OH is 1. The van der Waals surface area contributed by atoms with Crippen LogP contribution in [-0.2, 0) is 9.59 Å². The molecule has 3 fully saturated rings. The first-order valence-corrected chi connectivity index (χ1v) is 7.34.